The molecule has 2 heterocycles. The number of hydrogen-bond acceptors (Lipinski definition) is 5. The molecule has 0 radical (unpaired) electrons. The maximum Gasteiger partial charge on any atom is 0.332 e. The van der Waals surface area contributed by atoms with Gasteiger partial charge in [-0.3, -0.25) is 18.7 Å². The number of carbonyl (C=O) groups is 1. The number of nitrogens with zero attached hydrogens (tertiary/aromatic N) is 4. The Morgan fingerprint density at radius 2 is 2.10 bits per heavy atom. The highest BCUT2D eigenvalue weighted by molar-refractivity contribution is 5.75. The van der Waals surface area contributed by atoms with Crippen LogP contribution in [0.2, 0.25) is 0 Å². The summed E-state index contributed by atoms with van der Waals surface area (Å²) < 4.78 is 8.44. The van der Waals surface area contributed by atoms with Gasteiger partial charge in [-0.15, -0.1) is 0 Å². The molecule has 0 fully saturated rings. The summed E-state index contributed by atoms with van der Waals surface area (Å²) in [5.74, 6) is -0.514. The molecule has 0 saturated carbocycles. The number of fused-ring (bicyclic) bond motifs is 1. The van der Waals surface area contributed by atoms with E-state index < -0.39 is 17.2 Å². The topological polar surface area (TPSA) is 88.1 Å². The molecule has 0 spiro atoms. The second kappa shape index (κ2) is 5.16. The summed E-state index contributed by atoms with van der Waals surface area (Å²) in [7, 11) is 2.88. The Kier molecular flexibility index (Phi) is 3.55. The number of carbonyl (C=O) groups excluding carboxylic acids is 1. The zero-order valence-electron chi connectivity index (χ0n) is 11.2. The molecule has 20 heavy (non-hydrogen) atoms. The normalized spacial score (nSPS) is 10.7. The molecule has 0 aliphatic heterocycles. The Labute approximate surface area is 113 Å². The highest BCUT2D eigenvalue weighted by Gasteiger charge is 2.16. The number of aryl methyl sites for hydroxylation is 1. The van der Waals surface area contributed by atoms with Crippen molar-refractivity contribution >= 4 is 17.1 Å². The molecule has 2 aromatic heterocycles. The zero-order valence-corrected chi connectivity index (χ0v) is 11.2. The number of rotatable bonds is 4. The minimum absolute atomic E-state index is 0.0992. The van der Waals surface area contributed by atoms with E-state index in [1.165, 1.54) is 35.6 Å². The van der Waals surface area contributed by atoms with Gasteiger partial charge in [-0.25, -0.2) is 9.78 Å². The van der Waals surface area contributed by atoms with Crippen LogP contribution < -0.4 is 11.2 Å². The van der Waals surface area contributed by atoms with Gasteiger partial charge in [-0.1, -0.05) is 12.7 Å². The molecule has 0 unspecified atom stereocenters. The van der Waals surface area contributed by atoms with E-state index in [-0.39, 0.29) is 24.3 Å². The zero-order chi connectivity index (χ0) is 14.9. The summed E-state index contributed by atoms with van der Waals surface area (Å²) in [6.07, 6.45) is 2.79. The summed E-state index contributed by atoms with van der Waals surface area (Å²) in [5.41, 5.74) is -0.557. The molecule has 0 N–H and O–H groups in total. The number of esters is 1. The van der Waals surface area contributed by atoms with E-state index in [0.717, 1.165) is 4.57 Å². The van der Waals surface area contributed by atoms with Crippen molar-refractivity contribution in [2.24, 2.45) is 14.1 Å². The van der Waals surface area contributed by atoms with E-state index in [2.05, 4.69) is 11.6 Å². The Morgan fingerprint density at radius 3 is 2.75 bits per heavy atom. The molecule has 0 amide bonds. The largest absolute Gasteiger partial charge is 0.460 e. The fourth-order valence-corrected chi connectivity index (χ4v) is 1.85. The lowest BCUT2D eigenvalue weighted by Gasteiger charge is -2.06. The lowest BCUT2D eigenvalue weighted by Crippen LogP contribution is -2.37. The fourth-order valence-electron chi connectivity index (χ4n) is 1.85. The smallest absolute Gasteiger partial charge is 0.332 e. The Morgan fingerprint density at radius 1 is 1.40 bits per heavy atom. The van der Waals surface area contributed by atoms with Crippen LogP contribution in [0.25, 0.3) is 11.2 Å². The van der Waals surface area contributed by atoms with Gasteiger partial charge in [0.2, 0.25) is 0 Å². The summed E-state index contributed by atoms with van der Waals surface area (Å²) in [4.78, 5) is 39.4. The lowest BCUT2D eigenvalue weighted by atomic mass is 10.5. The summed E-state index contributed by atoms with van der Waals surface area (Å²) in [5, 5.41) is 0. The van der Waals surface area contributed by atoms with Gasteiger partial charge in [0, 0.05) is 14.1 Å². The number of imidazole rings is 1. The highest BCUT2D eigenvalue weighted by atomic mass is 16.5. The Balaban J connectivity index is 2.52. The van der Waals surface area contributed by atoms with Gasteiger partial charge in [0.25, 0.3) is 5.56 Å². The van der Waals surface area contributed by atoms with Crippen LogP contribution in [0.15, 0.2) is 28.6 Å². The average Bonchev–Trinajstić information content (AvgIpc) is 2.84. The van der Waals surface area contributed by atoms with Crippen LogP contribution in [0, 0.1) is 0 Å². The van der Waals surface area contributed by atoms with Gasteiger partial charge in [0.15, 0.2) is 11.2 Å². The molecule has 2 aromatic rings. The van der Waals surface area contributed by atoms with Crippen molar-refractivity contribution in [3.8, 4) is 0 Å². The van der Waals surface area contributed by atoms with Crippen LogP contribution in [0.3, 0.4) is 0 Å². The van der Waals surface area contributed by atoms with E-state index in [1.54, 1.807) is 0 Å². The first-order valence-corrected chi connectivity index (χ1v) is 5.84. The number of ether oxygens (including phenoxy) is 1. The van der Waals surface area contributed by atoms with E-state index in [0.29, 0.717) is 0 Å². The quantitative estimate of drug-likeness (QED) is 0.537. The molecule has 0 aliphatic rings. The van der Waals surface area contributed by atoms with Crippen molar-refractivity contribution in [2.75, 3.05) is 6.61 Å². The van der Waals surface area contributed by atoms with Crippen molar-refractivity contribution in [3.05, 3.63) is 39.8 Å². The third kappa shape index (κ3) is 2.15. The van der Waals surface area contributed by atoms with Crippen molar-refractivity contribution in [3.63, 3.8) is 0 Å². The molecule has 8 heteroatoms. The minimum Gasteiger partial charge on any atom is -0.460 e. The fraction of sp³-hybridized carbons (Fsp3) is 0.333. The standard InChI is InChI=1S/C12H14N4O4/c1-4-5-20-8(17)6-16-7-13-10-9(16)11(18)15(3)12(19)14(10)2/h4,7H,1,5-6H2,2-3H3. The molecule has 0 aromatic carbocycles. The SMILES string of the molecule is C=CCOC(=O)Cn1cnc2c1c(=O)n(C)c(=O)n2C. The Bertz CT molecular complexity index is 796. The molecule has 8 nitrogen and oxygen atoms in total. The van der Waals surface area contributed by atoms with Crippen LogP contribution >= 0.6 is 0 Å². The number of hydrogen-bond donors (Lipinski definition) is 0. The third-order valence-corrected chi connectivity index (χ3v) is 2.88. The van der Waals surface area contributed by atoms with Crippen LogP contribution in [-0.4, -0.2) is 31.3 Å². The number of aromatic nitrogens is 4. The van der Waals surface area contributed by atoms with Crippen LogP contribution in [0.5, 0.6) is 0 Å². The maximum absolute atomic E-state index is 12.1. The van der Waals surface area contributed by atoms with Gasteiger partial charge in [0.05, 0.1) is 6.33 Å². The first-order chi connectivity index (χ1) is 9.47. The molecular weight excluding hydrogens is 264 g/mol. The van der Waals surface area contributed by atoms with Gasteiger partial charge < -0.3 is 9.30 Å². The van der Waals surface area contributed by atoms with Crippen molar-refractivity contribution < 1.29 is 9.53 Å². The van der Waals surface area contributed by atoms with E-state index in [4.69, 9.17) is 4.74 Å². The Hall–Kier alpha value is -2.64. The average molecular weight is 278 g/mol. The minimum atomic E-state index is -0.514. The van der Waals surface area contributed by atoms with Crippen molar-refractivity contribution in [1.82, 2.24) is 18.7 Å². The van der Waals surface area contributed by atoms with Gasteiger partial charge >= 0.3 is 11.7 Å². The first kappa shape index (κ1) is 13.8. The molecule has 2 rings (SSSR count). The maximum atomic E-state index is 12.1. The summed E-state index contributed by atoms with van der Waals surface area (Å²) >= 11 is 0. The van der Waals surface area contributed by atoms with Crippen molar-refractivity contribution in [2.45, 2.75) is 6.54 Å². The monoisotopic (exact) mass is 278 g/mol. The van der Waals surface area contributed by atoms with Crippen LogP contribution in [0.1, 0.15) is 0 Å². The lowest BCUT2D eigenvalue weighted by molar-refractivity contribution is -0.143. The summed E-state index contributed by atoms with van der Waals surface area (Å²) in [6, 6.07) is 0. The molecule has 0 aliphatic carbocycles. The van der Waals surface area contributed by atoms with Crippen molar-refractivity contribution in [1.29, 1.82) is 0 Å². The molecule has 0 atom stereocenters. The van der Waals surface area contributed by atoms with Gasteiger partial charge in [-0.2, -0.15) is 0 Å². The van der Waals surface area contributed by atoms with Gasteiger partial charge in [0.1, 0.15) is 13.2 Å². The first-order valence-electron chi connectivity index (χ1n) is 5.84. The van der Waals surface area contributed by atoms with Crippen LogP contribution in [0.4, 0.5) is 0 Å². The van der Waals surface area contributed by atoms with Gasteiger partial charge in [-0.05, 0) is 0 Å². The molecular formula is C12H14N4O4. The van der Waals surface area contributed by atoms with E-state index in [1.807, 2.05) is 0 Å². The van der Waals surface area contributed by atoms with E-state index in [9.17, 15) is 14.4 Å². The second-order valence-corrected chi connectivity index (χ2v) is 4.22. The predicted octanol–water partition coefficient (Wildman–Crippen LogP) is -0.837. The highest BCUT2D eigenvalue weighted by Crippen LogP contribution is 2.05. The molecule has 0 bridgehead atoms. The molecule has 0 saturated heterocycles. The third-order valence-electron chi connectivity index (χ3n) is 2.88. The van der Waals surface area contributed by atoms with E-state index >= 15 is 0 Å². The second-order valence-electron chi connectivity index (χ2n) is 4.22. The summed E-state index contributed by atoms with van der Waals surface area (Å²) in [6.45, 7) is 3.38. The predicted molar refractivity (Wildman–Crippen MR) is 71.4 cm³/mol. The van der Waals surface area contributed by atoms with Crippen LogP contribution in [-0.2, 0) is 30.2 Å². The molecule has 106 valence electrons.